The van der Waals surface area contributed by atoms with E-state index in [1.807, 2.05) is 42.5 Å². The molecule has 160 valence electrons. The minimum Gasteiger partial charge on any atom is -0.413 e. The van der Waals surface area contributed by atoms with E-state index in [0.717, 1.165) is 4.90 Å². The minimum absolute atomic E-state index is 0.345. The zero-order chi connectivity index (χ0) is 22.2. The molecule has 0 aromatic heterocycles. The summed E-state index contributed by atoms with van der Waals surface area (Å²) in [7, 11) is -3.81. The van der Waals surface area contributed by atoms with Gasteiger partial charge in [-0.3, -0.25) is 0 Å². The van der Waals surface area contributed by atoms with E-state index in [9.17, 15) is 8.96 Å². The Hall–Kier alpha value is -3.27. The molecule has 0 spiro atoms. The summed E-state index contributed by atoms with van der Waals surface area (Å²) in [5.74, 6) is 2.00. The lowest BCUT2D eigenvalue weighted by molar-refractivity contribution is 0.398. The van der Waals surface area contributed by atoms with Crippen LogP contribution in [0.1, 0.15) is 5.56 Å². The van der Waals surface area contributed by atoms with Crippen LogP contribution in [0.15, 0.2) is 126 Å². The van der Waals surface area contributed by atoms with E-state index in [0.29, 0.717) is 22.0 Å². The lowest BCUT2D eigenvalue weighted by Gasteiger charge is -2.19. The monoisotopic (exact) mass is 462 g/mol. The number of benzene rings is 4. The van der Waals surface area contributed by atoms with Gasteiger partial charge in [-0.05, 0) is 54.1 Å². The molecule has 0 radical (unpaired) electrons. The summed E-state index contributed by atoms with van der Waals surface area (Å²) in [6.45, 7) is 0. The molecular formula is C26H20FO3PS. The van der Waals surface area contributed by atoms with E-state index in [1.54, 1.807) is 60.7 Å². The first kappa shape index (κ1) is 21.9. The van der Waals surface area contributed by atoms with Crippen LogP contribution in [0.2, 0.25) is 0 Å². The quantitative estimate of drug-likeness (QED) is 0.195. The molecule has 0 amide bonds. The molecule has 0 atom stereocenters. The lowest BCUT2D eigenvalue weighted by atomic mass is 10.2. The highest BCUT2D eigenvalue weighted by molar-refractivity contribution is 8.08. The van der Waals surface area contributed by atoms with Crippen molar-refractivity contribution in [2.75, 3.05) is 0 Å². The summed E-state index contributed by atoms with van der Waals surface area (Å²) >= 11 is 1.40. The van der Waals surface area contributed by atoms with Crippen molar-refractivity contribution in [2.24, 2.45) is 0 Å². The fraction of sp³-hybridized carbons (Fsp3) is 0. The van der Waals surface area contributed by atoms with E-state index in [1.165, 1.54) is 29.7 Å². The van der Waals surface area contributed by atoms with E-state index < -0.39 is 7.60 Å². The standard InChI is InChI=1S/C26H20FO3PS/c27-22-18-16-21(17-19-22)26(32-25-14-8-3-9-15-25)20-31(28,29-23-10-4-1-5-11-23)30-24-12-6-2-7-13-24/h1-20H/b26-20-. The predicted octanol–water partition coefficient (Wildman–Crippen LogP) is 8.27. The summed E-state index contributed by atoms with van der Waals surface area (Å²) < 4.78 is 39.3. The summed E-state index contributed by atoms with van der Waals surface area (Å²) in [5.41, 5.74) is 0.703. The number of rotatable bonds is 8. The average molecular weight is 462 g/mol. The van der Waals surface area contributed by atoms with Crippen LogP contribution >= 0.6 is 19.4 Å². The lowest BCUT2D eigenvalue weighted by Crippen LogP contribution is -1.99. The van der Waals surface area contributed by atoms with Gasteiger partial charge in [0.1, 0.15) is 17.3 Å². The molecule has 6 heteroatoms. The van der Waals surface area contributed by atoms with Crippen molar-refractivity contribution in [3.63, 3.8) is 0 Å². The Morgan fingerprint density at radius 1 is 0.688 bits per heavy atom. The van der Waals surface area contributed by atoms with E-state index in [4.69, 9.17) is 9.05 Å². The normalized spacial score (nSPS) is 11.7. The van der Waals surface area contributed by atoms with Crippen molar-refractivity contribution >= 4 is 24.3 Å². The third kappa shape index (κ3) is 6.13. The maximum absolute atomic E-state index is 14.0. The van der Waals surface area contributed by atoms with Gasteiger partial charge < -0.3 is 9.05 Å². The van der Waals surface area contributed by atoms with Crippen LogP contribution in [0, 0.1) is 5.82 Å². The third-order valence-corrected chi connectivity index (χ3v) is 7.09. The van der Waals surface area contributed by atoms with Crippen molar-refractivity contribution in [3.8, 4) is 11.5 Å². The molecule has 0 saturated carbocycles. The van der Waals surface area contributed by atoms with Gasteiger partial charge in [0, 0.05) is 9.80 Å². The van der Waals surface area contributed by atoms with Gasteiger partial charge in [-0.2, -0.15) is 0 Å². The molecule has 3 nitrogen and oxygen atoms in total. The molecule has 0 unspecified atom stereocenters. The van der Waals surface area contributed by atoms with Gasteiger partial charge in [0.05, 0.1) is 5.82 Å². The van der Waals surface area contributed by atoms with Gasteiger partial charge in [0.25, 0.3) is 0 Å². The highest BCUT2D eigenvalue weighted by Gasteiger charge is 2.27. The second-order valence-electron chi connectivity index (χ2n) is 6.76. The van der Waals surface area contributed by atoms with Crippen LogP contribution in [0.3, 0.4) is 0 Å². The Balaban J connectivity index is 1.77. The zero-order valence-corrected chi connectivity index (χ0v) is 18.7. The van der Waals surface area contributed by atoms with Crippen LogP contribution in [0.25, 0.3) is 4.91 Å². The molecule has 4 aromatic carbocycles. The van der Waals surface area contributed by atoms with Crippen molar-refractivity contribution in [2.45, 2.75) is 4.90 Å². The SMILES string of the molecule is O=P(/C=C(\Sc1ccccc1)c1ccc(F)cc1)(Oc1ccccc1)Oc1ccccc1. The van der Waals surface area contributed by atoms with Crippen LogP contribution < -0.4 is 9.05 Å². The van der Waals surface area contributed by atoms with Crippen LogP contribution in [0.4, 0.5) is 4.39 Å². The molecule has 4 rings (SSSR count). The predicted molar refractivity (Wildman–Crippen MR) is 128 cm³/mol. The maximum Gasteiger partial charge on any atom is 0.456 e. The molecule has 0 saturated heterocycles. The Morgan fingerprint density at radius 2 is 1.16 bits per heavy atom. The number of halogens is 1. The molecule has 0 heterocycles. The highest BCUT2D eigenvalue weighted by Crippen LogP contribution is 2.53. The second kappa shape index (κ2) is 10.4. The largest absolute Gasteiger partial charge is 0.456 e. The van der Waals surface area contributed by atoms with Crippen LogP contribution in [-0.4, -0.2) is 0 Å². The van der Waals surface area contributed by atoms with Crippen molar-refractivity contribution in [3.05, 3.63) is 132 Å². The van der Waals surface area contributed by atoms with E-state index >= 15 is 0 Å². The van der Waals surface area contributed by atoms with Crippen molar-refractivity contribution in [1.29, 1.82) is 0 Å². The molecule has 0 aliphatic carbocycles. The molecule has 0 aliphatic rings. The second-order valence-corrected chi connectivity index (χ2v) is 9.58. The zero-order valence-electron chi connectivity index (χ0n) is 17.0. The summed E-state index contributed by atoms with van der Waals surface area (Å²) in [6, 6.07) is 33.5. The van der Waals surface area contributed by atoms with Gasteiger partial charge in [0.15, 0.2) is 0 Å². The minimum atomic E-state index is -3.81. The Bertz CT molecular complexity index is 1170. The molecule has 0 aliphatic heterocycles. The first-order valence-corrected chi connectivity index (χ1v) is 12.3. The molecule has 0 bridgehead atoms. The number of hydrogen-bond acceptors (Lipinski definition) is 4. The fourth-order valence-electron chi connectivity index (χ4n) is 2.86. The van der Waals surface area contributed by atoms with Crippen LogP contribution in [0.5, 0.6) is 11.5 Å². The number of hydrogen-bond donors (Lipinski definition) is 0. The van der Waals surface area contributed by atoms with Gasteiger partial charge in [0.2, 0.25) is 0 Å². The molecule has 4 aromatic rings. The molecule has 32 heavy (non-hydrogen) atoms. The topological polar surface area (TPSA) is 35.5 Å². The molecule has 0 N–H and O–H groups in total. The Kier molecular flexibility index (Phi) is 7.10. The summed E-state index contributed by atoms with van der Waals surface area (Å²) in [5, 5.41) is 0. The van der Waals surface area contributed by atoms with Gasteiger partial charge >= 0.3 is 7.60 Å². The first-order chi connectivity index (χ1) is 15.6. The number of para-hydroxylation sites is 2. The summed E-state index contributed by atoms with van der Waals surface area (Å²) in [4.78, 5) is 1.57. The summed E-state index contributed by atoms with van der Waals surface area (Å²) in [6.07, 6.45) is 0. The Labute approximate surface area is 191 Å². The van der Waals surface area contributed by atoms with Crippen molar-refractivity contribution < 1.29 is 18.0 Å². The first-order valence-electron chi connectivity index (χ1n) is 9.90. The van der Waals surface area contributed by atoms with E-state index in [-0.39, 0.29) is 5.82 Å². The Morgan fingerprint density at radius 3 is 1.66 bits per heavy atom. The van der Waals surface area contributed by atoms with Crippen molar-refractivity contribution in [1.82, 2.24) is 0 Å². The van der Waals surface area contributed by atoms with Gasteiger partial charge in [-0.25, -0.2) is 8.96 Å². The maximum atomic E-state index is 14.0. The van der Waals surface area contributed by atoms with Gasteiger partial charge in [-0.15, -0.1) is 0 Å². The van der Waals surface area contributed by atoms with E-state index in [2.05, 4.69) is 0 Å². The van der Waals surface area contributed by atoms with Crippen LogP contribution in [-0.2, 0) is 4.57 Å². The molecular weight excluding hydrogens is 442 g/mol. The molecule has 0 fully saturated rings. The smallest absolute Gasteiger partial charge is 0.413 e. The highest BCUT2D eigenvalue weighted by atomic mass is 32.2. The fourth-order valence-corrected chi connectivity index (χ4v) is 5.67. The average Bonchev–Trinajstić information content (AvgIpc) is 2.81. The third-order valence-electron chi connectivity index (χ3n) is 4.33. The van der Waals surface area contributed by atoms with Gasteiger partial charge in [-0.1, -0.05) is 78.5 Å². The number of thioether (sulfide) groups is 1.